The third-order valence-electron chi connectivity index (χ3n) is 5.68. The lowest BCUT2D eigenvalue weighted by atomic mass is 9.83. The molecule has 0 saturated carbocycles. The van der Waals surface area contributed by atoms with Gasteiger partial charge in [-0.05, 0) is 53.8 Å². The number of H-pyrrole nitrogens is 1. The van der Waals surface area contributed by atoms with Gasteiger partial charge in [0.15, 0.2) is 0 Å². The molecule has 1 N–H and O–H groups in total. The maximum absolute atomic E-state index is 12.6. The van der Waals surface area contributed by atoms with Crippen LogP contribution < -0.4 is 0 Å². The second kappa shape index (κ2) is 8.89. The first-order chi connectivity index (χ1) is 15.2. The van der Waals surface area contributed by atoms with Gasteiger partial charge in [0, 0.05) is 23.0 Å². The number of rotatable bonds is 6. The summed E-state index contributed by atoms with van der Waals surface area (Å²) < 4.78 is 5.30. The number of aromatic nitrogens is 1. The first-order valence-electron chi connectivity index (χ1n) is 10.5. The van der Waals surface area contributed by atoms with E-state index in [9.17, 15) is 10.1 Å². The Bertz CT molecular complexity index is 1280. The fourth-order valence-corrected chi connectivity index (χ4v) is 4.26. The van der Waals surface area contributed by atoms with Gasteiger partial charge in [-0.15, -0.1) is 0 Å². The fourth-order valence-electron chi connectivity index (χ4n) is 4.26. The molecule has 0 aliphatic carbocycles. The largest absolute Gasteiger partial charge is 0.462 e. The third-order valence-corrected chi connectivity index (χ3v) is 5.68. The van der Waals surface area contributed by atoms with Crippen LogP contribution in [0.1, 0.15) is 53.2 Å². The Labute approximate surface area is 182 Å². The number of hydrogen-bond donors (Lipinski definition) is 1. The topological polar surface area (TPSA) is 65.9 Å². The van der Waals surface area contributed by atoms with Gasteiger partial charge >= 0.3 is 5.97 Å². The number of nitrogens with one attached hydrogen (secondary N) is 1. The van der Waals surface area contributed by atoms with Gasteiger partial charge < -0.3 is 9.72 Å². The van der Waals surface area contributed by atoms with Gasteiger partial charge in [-0.3, -0.25) is 0 Å². The Balaban J connectivity index is 1.86. The van der Waals surface area contributed by atoms with Gasteiger partial charge in [-0.1, -0.05) is 55.5 Å². The highest BCUT2D eigenvalue weighted by molar-refractivity contribution is 5.98. The van der Waals surface area contributed by atoms with Crippen LogP contribution in [0.4, 0.5) is 0 Å². The maximum Gasteiger partial charge on any atom is 0.338 e. The molecule has 0 fully saturated rings. The number of ether oxygens (including phenoxy) is 1. The number of carbonyl (C=O) groups excluding carboxylic acids is 1. The highest BCUT2D eigenvalue weighted by atomic mass is 16.5. The minimum Gasteiger partial charge on any atom is -0.462 e. The van der Waals surface area contributed by atoms with Crippen LogP contribution >= 0.6 is 0 Å². The zero-order valence-electron chi connectivity index (χ0n) is 17.7. The SMILES string of the molecule is CCOC(=O)c1ccccc1-c1ccccc1C(CC)c1c[nH]c2cc(C#N)ccc12. The normalized spacial score (nSPS) is 11.8. The molecule has 1 heterocycles. The molecular formula is C27H24N2O2. The Morgan fingerprint density at radius 1 is 1.00 bits per heavy atom. The van der Waals surface area contributed by atoms with E-state index in [-0.39, 0.29) is 11.9 Å². The van der Waals surface area contributed by atoms with Crippen molar-refractivity contribution >= 4 is 16.9 Å². The van der Waals surface area contributed by atoms with E-state index in [0.29, 0.717) is 17.7 Å². The number of nitriles is 1. The molecule has 0 aliphatic heterocycles. The van der Waals surface area contributed by atoms with Crippen LogP contribution in [0.25, 0.3) is 22.0 Å². The van der Waals surface area contributed by atoms with Gasteiger partial charge in [0.25, 0.3) is 0 Å². The number of aromatic amines is 1. The lowest BCUT2D eigenvalue weighted by Crippen LogP contribution is -2.08. The summed E-state index contributed by atoms with van der Waals surface area (Å²) in [6, 6.07) is 23.8. The first-order valence-corrected chi connectivity index (χ1v) is 10.5. The lowest BCUT2D eigenvalue weighted by molar-refractivity contribution is 0.0527. The molecule has 4 aromatic rings. The average molecular weight is 409 g/mol. The fraction of sp³-hybridized carbons (Fsp3) is 0.185. The molecule has 4 nitrogen and oxygen atoms in total. The highest BCUT2D eigenvalue weighted by Gasteiger charge is 2.22. The monoisotopic (exact) mass is 408 g/mol. The van der Waals surface area contributed by atoms with Crippen molar-refractivity contribution in [1.29, 1.82) is 5.26 Å². The van der Waals surface area contributed by atoms with Gasteiger partial charge in [0.05, 0.1) is 23.8 Å². The molecule has 4 rings (SSSR count). The molecule has 0 bridgehead atoms. The van der Waals surface area contributed by atoms with Crippen molar-refractivity contribution in [3.63, 3.8) is 0 Å². The summed E-state index contributed by atoms with van der Waals surface area (Å²) in [4.78, 5) is 15.9. The van der Waals surface area contributed by atoms with E-state index in [1.807, 2.05) is 67.7 Å². The average Bonchev–Trinajstić information content (AvgIpc) is 3.23. The zero-order valence-corrected chi connectivity index (χ0v) is 17.7. The molecule has 3 aromatic carbocycles. The summed E-state index contributed by atoms with van der Waals surface area (Å²) in [5.41, 5.74) is 6.41. The maximum atomic E-state index is 12.6. The molecule has 0 saturated heterocycles. The molecule has 31 heavy (non-hydrogen) atoms. The van der Waals surface area contributed by atoms with Gasteiger partial charge in [0.1, 0.15) is 0 Å². The van der Waals surface area contributed by atoms with Crippen molar-refractivity contribution in [1.82, 2.24) is 4.98 Å². The molecule has 0 spiro atoms. The van der Waals surface area contributed by atoms with E-state index in [1.54, 1.807) is 0 Å². The first kappa shape index (κ1) is 20.4. The number of fused-ring (bicyclic) bond motifs is 1. The Morgan fingerprint density at radius 3 is 2.48 bits per heavy atom. The molecule has 154 valence electrons. The van der Waals surface area contributed by atoms with E-state index < -0.39 is 0 Å². The van der Waals surface area contributed by atoms with E-state index >= 15 is 0 Å². The Hall–Kier alpha value is -3.84. The number of carbonyl (C=O) groups is 1. The molecule has 1 unspecified atom stereocenters. The second-order valence-electron chi connectivity index (χ2n) is 7.43. The molecular weight excluding hydrogens is 384 g/mol. The van der Waals surface area contributed by atoms with Crippen molar-refractivity contribution in [3.05, 3.63) is 95.2 Å². The van der Waals surface area contributed by atoms with E-state index in [0.717, 1.165) is 34.0 Å². The molecule has 1 atom stereocenters. The number of esters is 1. The predicted octanol–water partition coefficient (Wildman–Crippen LogP) is 6.43. The Morgan fingerprint density at radius 2 is 1.74 bits per heavy atom. The van der Waals surface area contributed by atoms with Crippen LogP contribution in [-0.2, 0) is 4.74 Å². The van der Waals surface area contributed by atoms with E-state index in [1.165, 1.54) is 5.56 Å². The van der Waals surface area contributed by atoms with Crippen LogP contribution in [0.2, 0.25) is 0 Å². The minimum absolute atomic E-state index is 0.133. The summed E-state index contributed by atoms with van der Waals surface area (Å²) in [5.74, 6) is -0.176. The summed E-state index contributed by atoms with van der Waals surface area (Å²) >= 11 is 0. The number of hydrogen-bond acceptors (Lipinski definition) is 3. The Kier molecular flexibility index (Phi) is 5.86. The quantitative estimate of drug-likeness (QED) is 0.374. The minimum atomic E-state index is -0.308. The van der Waals surface area contributed by atoms with Gasteiger partial charge in [0.2, 0.25) is 0 Å². The van der Waals surface area contributed by atoms with Crippen LogP contribution in [0.15, 0.2) is 72.9 Å². The van der Waals surface area contributed by atoms with Crippen molar-refractivity contribution in [2.75, 3.05) is 6.61 Å². The van der Waals surface area contributed by atoms with Crippen LogP contribution in [0.3, 0.4) is 0 Å². The van der Waals surface area contributed by atoms with Crippen molar-refractivity contribution in [2.45, 2.75) is 26.2 Å². The predicted molar refractivity (Wildman–Crippen MR) is 123 cm³/mol. The van der Waals surface area contributed by atoms with Crippen LogP contribution in [0, 0.1) is 11.3 Å². The van der Waals surface area contributed by atoms with Gasteiger partial charge in [-0.25, -0.2) is 4.79 Å². The molecule has 0 aliphatic rings. The molecule has 0 radical (unpaired) electrons. The number of nitrogens with zero attached hydrogens (tertiary/aromatic N) is 1. The smallest absolute Gasteiger partial charge is 0.338 e. The van der Waals surface area contributed by atoms with Gasteiger partial charge in [-0.2, -0.15) is 5.26 Å². The standard InChI is InChI=1S/C27H24N2O2/c1-3-19(25-17-29-26-15-18(16-28)13-14-23(25)26)20-9-5-6-10-21(20)22-11-7-8-12-24(22)27(30)31-4-2/h5-15,17,19,29H,3-4H2,1-2H3. The second-order valence-corrected chi connectivity index (χ2v) is 7.43. The summed E-state index contributed by atoms with van der Waals surface area (Å²) in [6.07, 6.45) is 2.93. The molecule has 0 amide bonds. The van der Waals surface area contributed by atoms with Crippen molar-refractivity contribution < 1.29 is 9.53 Å². The number of benzene rings is 3. The lowest BCUT2D eigenvalue weighted by Gasteiger charge is -2.20. The van der Waals surface area contributed by atoms with Crippen LogP contribution in [0.5, 0.6) is 0 Å². The summed E-state index contributed by atoms with van der Waals surface area (Å²) in [5, 5.41) is 10.3. The highest BCUT2D eigenvalue weighted by Crippen LogP contribution is 2.39. The summed E-state index contributed by atoms with van der Waals surface area (Å²) in [6.45, 7) is 4.32. The van der Waals surface area contributed by atoms with E-state index in [2.05, 4.69) is 30.1 Å². The van der Waals surface area contributed by atoms with Crippen molar-refractivity contribution in [2.24, 2.45) is 0 Å². The molecule has 1 aromatic heterocycles. The summed E-state index contributed by atoms with van der Waals surface area (Å²) in [7, 11) is 0. The third kappa shape index (κ3) is 3.83. The van der Waals surface area contributed by atoms with Crippen molar-refractivity contribution in [3.8, 4) is 17.2 Å². The van der Waals surface area contributed by atoms with Crippen LogP contribution in [-0.4, -0.2) is 17.6 Å². The zero-order chi connectivity index (χ0) is 21.8. The molecule has 4 heteroatoms. The van der Waals surface area contributed by atoms with E-state index in [4.69, 9.17) is 4.74 Å².